The average molecular weight is 1480 g/mol. The molecule has 2 aromatic heterocycles. The minimum Gasteiger partial charge on any atom is -0.508 e. The summed E-state index contributed by atoms with van der Waals surface area (Å²) >= 11 is 0. The normalized spacial score (nSPS) is 13.7. The second-order valence-electron chi connectivity index (χ2n) is 24.2. The molecule has 0 saturated heterocycles. The number of phenolic OH excluding ortho intramolecular Hbond substituents is 1. The number of hydrogen-bond donors (Lipinski definition) is 19. The summed E-state index contributed by atoms with van der Waals surface area (Å²) in [4.78, 5) is 207. The van der Waals surface area contributed by atoms with Crippen molar-refractivity contribution in [3.8, 4) is 28.2 Å². The zero-order valence-corrected chi connectivity index (χ0v) is 57.5. The monoisotopic (exact) mass is 1480 g/mol. The van der Waals surface area contributed by atoms with Gasteiger partial charge in [0.25, 0.3) is 5.91 Å². The third kappa shape index (κ3) is 25.9. The second kappa shape index (κ2) is 40.6. The smallest absolute Gasteiger partial charge is 0.336 e. The molecule has 20 N–H and O–H groups in total. The molecule has 4 aromatic rings. The van der Waals surface area contributed by atoms with Crippen LogP contribution in [0.5, 0.6) is 5.75 Å². The van der Waals surface area contributed by atoms with Crippen molar-refractivity contribution >= 4 is 93.9 Å². The third-order valence-electron chi connectivity index (χ3n) is 15.9. The predicted molar refractivity (Wildman–Crippen MR) is 367 cm³/mol. The van der Waals surface area contributed by atoms with Gasteiger partial charge in [0.15, 0.2) is 5.43 Å². The first-order valence-electron chi connectivity index (χ1n) is 33.1. The number of aromatic hydroxyl groups is 1. The highest BCUT2D eigenvalue weighted by Gasteiger charge is 2.35. The van der Waals surface area contributed by atoms with E-state index in [0.29, 0.717) is 16.5 Å². The fourth-order valence-corrected chi connectivity index (χ4v) is 10.6. The number of carboxylic acids is 3. The molecule has 1 aliphatic carbocycles. The molecule has 3 heterocycles. The lowest BCUT2D eigenvalue weighted by molar-refractivity contribution is -0.139. The fourth-order valence-electron chi connectivity index (χ4n) is 10.6. The number of H-pyrrole nitrogens is 2. The molecule has 39 heteroatoms. The van der Waals surface area contributed by atoms with Crippen LogP contribution < -0.4 is 64.3 Å². The number of aliphatic hydroxyl groups is 2. The molecule has 0 radical (unpaired) electrons. The van der Waals surface area contributed by atoms with Crippen molar-refractivity contribution in [1.29, 1.82) is 0 Å². The molecule has 0 spiro atoms. The molecule has 6 rings (SSSR count). The first-order chi connectivity index (χ1) is 50.4. The van der Waals surface area contributed by atoms with Crippen molar-refractivity contribution in [1.82, 2.24) is 73.1 Å². The van der Waals surface area contributed by atoms with E-state index in [1.165, 1.54) is 80.5 Å². The third-order valence-corrected chi connectivity index (χ3v) is 15.9. The number of hydrogen-bond acceptors (Lipinski definition) is 23. The maximum atomic E-state index is 13.8. The van der Waals surface area contributed by atoms with E-state index in [-0.39, 0.29) is 117 Å². The molecule has 106 heavy (non-hydrogen) atoms. The van der Waals surface area contributed by atoms with Crippen molar-refractivity contribution in [2.24, 2.45) is 5.73 Å². The Hall–Kier alpha value is -12.2. The van der Waals surface area contributed by atoms with Crippen LogP contribution in [0.15, 0.2) is 88.9 Å². The van der Waals surface area contributed by atoms with Gasteiger partial charge >= 0.3 is 17.9 Å². The van der Waals surface area contributed by atoms with Crippen LogP contribution in [0.2, 0.25) is 0 Å². The number of benzene rings is 3. The number of aliphatic carboxylic acids is 2. The number of aliphatic hydroxyl groups excluding tert-OH is 2. The van der Waals surface area contributed by atoms with Crippen molar-refractivity contribution in [3.05, 3.63) is 112 Å². The van der Waals surface area contributed by atoms with Crippen molar-refractivity contribution in [2.75, 3.05) is 46.1 Å². The number of phenols is 1. The predicted octanol–water partition coefficient (Wildman–Crippen LogP) is -3.54. The molecule has 39 nitrogen and oxygen atoms in total. The summed E-state index contributed by atoms with van der Waals surface area (Å²) < 4.78 is 16.8. The minimum absolute atomic E-state index is 0.0357. The molecule has 0 bridgehead atoms. The SMILES string of the molecule is CC(=O)N[C@@H](C(=O)N[C@H](Cc1c[nH]cn1)C(=O)N[C@H](CCC(=O)O)C(=O)NCCOCC(=O)N[C@H](CCCCNC(=O)c1ccc(-c2c3ccc(=O)cc-3oc3cc(O)ccc23)c(C(=O)O)c1)C(=O)NCCOCC(=O)N[C@@H](C(=O)N[C@H](Cc1c[nH]cn1)C(=O)N[C@H](CCC(=O)O)C(N)=O)[C@H](C)O)[C@H](C)O. The van der Waals surface area contributed by atoms with Gasteiger partial charge in [0.05, 0.1) is 55.0 Å². The van der Waals surface area contributed by atoms with Crippen LogP contribution in [0, 0.1) is 0 Å². The number of carbonyl (C=O) groups is 14. The van der Waals surface area contributed by atoms with Gasteiger partial charge in [0.2, 0.25) is 59.1 Å². The van der Waals surface area contributed by atoms with Gasteiger partial charge in [-0.25, -0.2) is 14.8 Å². The van der Waals surface area contributed by atoms with E-state index < -0.39 is 175 Å². The van der Waals surface area contributed by atoms with E-state index >= 15 is 0 Å². The van der Waals surface area contributed by atoms with Gasteiger partial charge in [-0.1, -0.05) is 6.07 Å². The minimum atomic E-state index is -1.71. The number of nitrogens with zero attached hydrogens (tertiary/aromatic N) is 2. The van der Waals surface area contributed by atoms with Gasteiger partial charge in [-0.15, -0.1) is 0 Å². The molecule has 0 saturated carbocycles. The first-order valence-corrected chi connectivity index (χ1v) is 33.1. The molecule has 0 fully saturated rings. The summed E-state index contributed by atoms with van der Waals surface area (Å²) in [6.45, 7) is 0.622. The van der Waals surface area contributed by atoms with Crippen LogP contribution in [0.25, 0.3) is 33.4 Å². The highest BCUT2D eigenvalue weighted by atomic mass is 16.5. The number of carbonyl (C=O) groups excluding carboxylic acids is 11. The first kappa shape index (κ1) is 82.7. The van der Waals surface area contributed by atoms with Crippen LogP contribution in [0.3, 0.4) is 0 Å². The van der Waals surface area contributed by atoms with E-state index in [4.69, 9.17) is 24.7 Å². The summed E-state index contributed by atoms with van der Waals surface area (Å²) in [6.07, 6.45) is 0.0876. The molecule has 2 aliphatic rings. The van der Waals surface area contributed by atoms with Gasteiger partial charge in [-0.2, -0.15) is 0 Å². The summed E-state index contributed by atoms with van der Waals surface area (Å²) in [6, 6.07) is 1.63. The topological polar surface area (TPSA) is 613 Å². The lowest BCUT2D eigenvalue weighted by Crippen LogP contribution is -2.59. The number of aromatic carboxylic acids is 1. The number of aromatic nitrogens is 4. The second-order valence-corrected chi connectivity index (χ2v) is 24.2. The van der Waals surface area contributed by atoms with E-state index in [2.05, 4.69) is 73.1 Å². The number of ether oxygens (including phenoxy) is 2. The Kier molecular flexibility index (Phi) is 31.7. The van der Waals surface area contributed by atoms with E-state index in [0.717, 1.165) is 19.9 Å². The van der Waals surface area contributed by atoms with Crippen molar-refractivity contribution in [2.45, 2.75) is 133 Å². The number of fused-ring (bicyclic) bond motifs is 2. The standard InChI is InChI=1S/C67H83N15O24/c1-33(83)57(76-35(3)85)65(100)80-49(24-38-28-70-32-75-38)64(99)79-47(14-16-55(92)93)62(97)73-19-20-104-29-52(88)77-46(6-4-5-17-71-60(95)36-7-10-41(44(22-36)67(102)103)56-42-11-8-39(86)25-50(42)106-51-26-40(87)9-12-43(51)56)61(96)72-18-21-105-30-53(89)82-58(34(2)84)66(101)81-48(23-37-27-69-31-74-37)63(98)78-45(59(68)94)13-15-54(90)91/h7-12,22,25-28,31-34,45-49,57-58,83-84,86H,4-6,13-21,23-24,29-30H2,1-3H3,(H2,68,94)(H,69,74)(H,70,75)(H,71,95)(H,72,96)(H,73,97)(H,76,85)(H,77,88)(H,78,98)(H,79,99)(H,80,100)(H,81,101)(H,82,89)(H,90,91)(H,92,93)(H,102,103)/t33-,34-,45+,46+,47+,48+,49+,57+,58+/m0/s1. The Labute approximate surface area is 602 Å². The number of unbranched alkanes of at least 4 members (excludes halogenated alkanes) is 1. The van der Waals surface area contributed by atoms with Crippen LogP contribution in [-0.2, 0) is 79.8 Å². The molecule has 11 amide bonds. The highest BCUT2D eigenvalue weighted by molar-refractivity contribution is 6.09. The number of carboxylic acid groups (broad SMARTS) is 3. The number of aromatic amines is 2. The quantitative estimate of drug-likeness (QED) is 0.0130. The van der Waals surface area contributed by atoms with Gasteiger partial charge < -0.3 is 113 Å². The fraction of sp³-hybridized carbons (Fsp3) is 0.418. The summed E-state index contributed by atoms with van der Waals surface area (Å²) in [5.41, 5.74) is 6.19. The van der Waals surface area contributed by atoms with Crippen molar-refractivity contribution < 1.29 is 112 Å². The van der Waals surface area contributed by atoms with Gasteiger partial charge in [0, 0.05) is 98.8 Å². The maximum absolute atomic E-state index is 13.8. The van der Waals surface area contributed by atoms with Gasteiger partial charge in [-0.3, -0.25) is 67.1 Å². The van der Waals surface area contributed by atoms with Gasteiger partial charge in [0.1, 0.15) is 72.6 Å². The molecule has 1 aliphatic heterocycles. The Morgan fingerprint density at radius 3 is 1.59 bits per heavy atom. The molecule has 9 atom stereocenters. The Balaban J connectivity index is 1.07. The Morgan fingerprint density at radius 2 is 1.08 bits per heavy atom. The number of nitrogens with one attached hydrogen (secondary N) is 12. The van der Waals surface area contributed by atoms with E-state index in [9.17, 15) is 97.5 Å². The maximum Gasteiger partial charge on any atom is 0.336 e. The van der Waals surface area contributed by atoms with Gasteiger partial charge in [-0.05, 0) is 87.9 Å². The lowest BCUT2D eigenvalue weighted by Gasteiger charge is -2.25. The average Bonchev–Trinajstić information content (AvgIpc) is 0.913. The zero-order chi connectivity index (χ0) is 77.7. The molecule has 2 aromatic carbocycles. The Bertz CT molecular complexity index is 4150. The molecular formula is C67H83N15O24. The molecular weight excluding hydrogens is 1400 g/mol. The number of nitrogens with two attached hydrogens (primary N) is 1. The Morgan fingerprint density at radius 1 is 0.557 bits per heavy atom. The summed E-state index contributed by atoms with van der Waals surface area (Å²) in [5.74, 6) is -14.0. The van der Waals surface area contributed by atoms with Crippen LogP contribution in [0.4, 0.5) is 0 Å². The largest absolute Gasteiger partial charge is 0.508 e. The van der Waals surface area contributed by atoms with Crippen LogP contribution in [-0.4, -0.2) is 234 Å². The molecule has 0 unspecified atom stereocenters. The molecule has 570 valence electrons. The number of imidazole rings is 2. The van der Waals surface area contributed by atoms with Crippen LogP contribution in [0.1, 0.15) is 97.8 Å². The summed E-state index contributed by atoms with van der Waals surface area (Å²) in [7, 11) is 0. The zero-order valence-electron chi connectivity index (χ0n) is 57.5. The lowest BCUT2D eigenvalue weighted by atomic mass is 9.90. The number of amides is 11. The summed E-state index contributed by atoms with van der Waals surface area (Å²) in [5, 5.41) is 84.8. The van der Waals surface area contributed by atoms with Crippen LogP contribution >= 0.6 is 0 Å². The number of rotatable bonds is 44. The van der Waals surface area contributed by atoms with Crippen molar-refractivity contribution in [3.63, 3.8) is 0 Å². The van der Waals surface area contributed by atoms with E-state index in [1.54, 1.807) is 0 Å². The number of primary amides is 1. The highest BCUT2D eigenvalue weighted by Crippen LogP contribution is 2.42. The van der Waals surface area contributed by atoms with E-state index in [1.807, 2.05) is 0 Å².